The molecule has 2 aromatic rings. The van der Waals surface area contributed by atoms with Crippen LogP contribution < -0.4 is 0 Å². The number of fused-ring (bicyclic) bond motifs is 1. The Morgan fingerprint density at radius 1 is 0.900 bits per heavy atom. The maximum Gasteiger partial charge on any atom is 0.0587 e. The van der Waals surface area contributed by atoms with Gasteiger partial charge in [0.2, 0.25) is 0 Å². The molecule has 1 aliphatic heterocycles. The Balaban J connectivity index is 1.92. The molecule has 0 amide bonds. The van der Waals surface area contributed by atoms with E-state index in [4.69, 9.17) is 0 Å². The first-order chi connectivity index (χ1) is 9.83. The molecule has 2 atom stereocenters. The van der Waals surface area contributed by atoms with Crippen molar-refractivity contribution in [2.45, 2.75) is 31.5 Å². The monoisotopic (exact) mass is 271 g/mol. The summed E-state index contributed by atoms with van der Waals surface area (Å²) in [4.78, 5) is 2.25. The number of likely N-dealkylation sites (tertiary alicyclic amines) is 1. The van der Waals surface area contributed by atoms with E-state index in [1.165, 1.54) is 16.3 Å². The summed E-state index contributed by atoms with van der Waals surface area (Å²) < 4.78 is 0. The number of hydrogen-bond acceptors (Lipinski definition) is 3. The van der Waals surface area contributed by atoms with E-state index in [2.05, 4.69) is 47.4 Å². The predicted octanol–water partition coefficient (Wildman–Crippen LogP) is 2.16. The average Bonchev–Trinajstić information content (AvgIpc) is 2.89. The quantitative estimate of drug-likeness (QED) is 0.895. The van der Waals surface area contributed by atoms with E-state index in [-0.39, 0.29) is 25.3 Å². The van der Waals surface area contributed by atoms with E-state index < -0.39 is 0 Å². The van der Waals surface area contributed by atoms with Crippen molar-refractivity contribution >= 4 is 10.8 Å². The van der Waals surface area contributed by atoms with Crippen molar-refractivity contribution < 1.29 is 10.2 Å². The Morgan fingerprint density at radius 2 is 1.55 bits per heavy atom. The largest absolute Gasteiger partial charge is 0.395 e. The Kier molecular flexibility index (Phi) is 4.01. The molecular formula is C17H21NO2. The molecule has 0 spiro atoms. The van der Waals surface area contributed by atoms with Crippen LogP contribution in [-0.4, -0.2) is 40.4 Å². The molecule has 1 fully saturated rings. The molecule has 20 heavy (non-hydrogen) atoms. The Hall–Kier alpha value is -1.42. The molecule has 3 rings (SSSR count). The van der Waals surface area contributed by atoms with Crippen LogP contribution >= 0.6 is 0 Å². The third-order valence-electron chi connectivity index (χ3n) is 4.43. The van der Waals surface area contributed by atoms with Crippen molar-refractivity contribution in [3.05, 3.63) is 48.0 Å². The molecule has 2 N–H and O–H groups in total. The zero-order chi connectivity index (χ0) is 13.9. The molecule has 0 saturated carbocycles. The molecule has 0 aromatic heterocycles. The number of aliphatic hydroxyl groups excluding tert-OH is 2. The standard InChI is InChI=1S/C17H21NO2/c19-11-15-8-9-16(12-20)18(15)10-14-6-3-5-13-4-1-2-7-17(13)14/h1-7,15-16,19-20H,8-12H2/t15-,16-/m1/s1. The van der Waals surface area contributed by atoms with Gasteiger partial charge in [0.25, 0.3) is 0 Å². The molecule has 3 heteroatoms. The van der Waals surface area contributed by atoms with Crippen LogP contribution in [0.5, 0.6) is 0 Å². The van der Waals surface area contributed by atoms with Crippen molar-refractivity contribution in [3.8, 4) is 0 Å². The van der Waals surface area contributed by atoms with Gasteiger partial charge in [-0.1, -0.05) is 42.5 Å². The molecule has 0 unspecified atom stereocenters. The highest BCUT2D eigenvalue weighted by atomic mass is 16.3. The second kappa shape index (κ2) is 5.92. The summed E-state index contributed by atoms with van der Waals surface area (Å²) in [6.07, 6.45) is 1.93. The van der Waals surface area contributed by atoms with Crippen molar-refractivity contribution in [2.24, 2.45) is 0 Å². The zero-order valence-corrected chi connectivity index (χ0v) is 11.6. The molecule has 0 aliphatic carbocycles. The molecule has 106 valence electrons. The highest BCUT2D eigenvalue weighted by Crippen LogP contribution is 2.28. The van der Waals surface area contributed by atoms with Gasteiger partial charge in [0.15, 0.2) is 0 Å². The lowest BCUT2D eigenvalue weighted by molar-refractivity contribution is 0.0906. The van der Waals surface area contributed by atoms with Crippen LogP contribution in [0.3, 0.4) is 0 Å². The zero-order valence-electron chi connectivity index (χ0n) is 11.6. The minimum absolute atomic E-state index is 0.168. The lowest BCUT2D eigenvalue weighted by Gasteiger charge is -2.28. The van der Waals surface area contributed by atoms with E-state index in [0.717, 1.165) is 19.4 Å². The number of aliphatic hydroxyl groups is 2. The van der Waals surface area contributed by atoms with E-state index in [9.17, 15) is 10.2 Å². The molecular weight excluding hydrogens is 250 g/mol. The smallest absolute Gasteiger partial charge is 0.0587 e. The van der Waals surface area contributed by atoms with Crippen LogP contribution in [0.15, 0.2) is 42.5 Å². The minimum atomic E-state index is 0.168. The van der Waals surface area contributed by atoms with Crippen LogP contribution in [0.1, 0.15) is 18.4 Å². The second-order valence-corrected chi connectivity index (χ2v) is 5.56. The number of rotatable bonds is 4. The highest BCUT2D eigenvalue weighted by Gasteiger charge is 2.32. The fraction of sp³-hybridized carbons (Fsp3) is 0.412. The van der Waals surface area contributed by atoms with Crippen LogP contribution in [0, 0.1) is 0 Å². The van der Waals surface area contributed by atoms with Crippen molar-refractivity contribution in [1.82, 2.24) is 4.90 Å². The van der Waals surface area contributed by atoms with Gasteiger partial charge in [-0.2, -0.15) is 0 Å². The second-order valence-electron chi connectivity index (χ2n) is 5.56. The van der Waals surface area contributed by atoms with Gasteiger partial charge in [-0.05, 0) is 29.2 Å². The van der Waals surface area contributed by atoms with E-state index in [1.807, 2.05) is 0 Å². The molecule has 3 nitrogen and oxygen atoms in total. The van der Waals surface area contributed by atoms with Crippen LogP contribution in [-0.2, 0) is 6.54 Å². The van der Waals surface area contributed by atoms with Crippen LogP contribution in [0.4, 0.5) is 0 Å². The molecule has 1 aliphatic rings. The summed E-state index contributed by atoms with van der Waals surface area (Å²) >= 11 is 0. The predicted molar refractivity (Wildman–Crippen MR) is 80.5 cm³/mol. The van der Waals surface area contributed by atoms with E-state index in [1.54, 1.807) is 0 Å². The van der Waals surface area contributed by atoms with Gasteiger partial charge in [0, 0.05) is 18.6 Å². The van der Waals surface area contributed by atoms with Crippen molar-refractivity contribution in [2.75, 3.05) is 13.2 Å². The van der Waals surface area contributed by atoms with Gasteiger partial charge in [-0.25, -0.2) is 0 Å². The summed E-state index contributed by atoms with van der Waals surface area (Å²) in [7, 11) is 0. The summed E-state index contributed by atoms with van der Waals surface area (Å²) in [6, 6.07) is 15.1. The summed E-state index contributed by atoms with van der Waals surface area (Å²) in [5.41, 5.74) is 1.27. The Morgan fingerprint density at radius 3 is 2.25 bits per heavy atom. The molecule has 0 radical (unpaired) electrons. The Labute approximate surface area is 119 Å². The van der Waals surface area contributed by atoms with Gasteiger partial charge < -0.3 is 10.2 Å². The normalized spacial score (nSPS) is 23.5. The summed E-state index contributed by atoms with van der Waals surface area (Å²) in [5.74, 6) is 0. The summed E-state index contributed by atoms with van der Waals surface area (Å²) in [6.45, 7) is 1.13. The lowest BCUT2D eigenvalue weighted by atomic mass is 10.0. The van der Waals surface area contributed by atoms with E-state index in [0.29, 0.717) is 0 Å². The fourth-order valence-electron chi connectivity index (χ4n) is 3.29. The summed E-state index contributed by atoms with van der Waals surface area (Å²) in [5, 5.41) is 21.5. The number of benzene rings is 2. The van der Waals surface area contributed by atoms with Crippen molar-refractivity contribution in [3.63, 3.8) is 0 Å². The maximum absolute atomic E-state index is 9.52. The Bertz CT molecular complexity index is 567. The highest BCUT2D eigenvalue weighted by molar-refractivity contribution is 5.85. The van der Waals surface area contributed by atoms with Crippen molar-refractivity contribution in [1.29, 1.82) is 0 Å². The SMILES string of the molecule is OC[C@H]1CC[C@H](CO)N1Cc1cccc2ccccc12. The van der Waals surface area contributed by atoms with E-state index >= 15 is 0 Å². The van der Waals surface area contributed by atoms with Gasteiger partial charge in [-0.15, -0.1) is 0 Å². The third-order valence-corrected chi connectivity index (χ3v) is 4.43. The minimum Gasteiger partial charge on any atom is -0.395 e. The first-order valence-electron chi connectivity index (χ1n) is 7.27. The first kappa shape index (κ1) is 13.6. The van der Waals surface area contributed by atoms with Gasteiger partial charge in [-0.3, -0.25) is 4.90 Å². The fourth-order valence-corrected chi connectivity index (χ4v) is 3.29. The number of hydrogen-bond donors (Lipinski definition) is 2. The molecule has 1 heterocycles. The van der Waals surface area contributed by atoms with Crippen LogP contribution in [0.2, 0.25) is 0 Å². The first-order valence-corrected chi connectivity index (χ1v) is 7.27. The van der Waals surface area contributed by atoms with Crippen LogP contribution in [0.25, 0.3) is 10.8 Å². The molecule has 0 bridgehead atoms. The third kappa shape index (κ3) is 2.44. The van der Waals surface area contributed by atoms with Gasteiger partial charge in [0.05, 0.1) is 13.2 Å². The lowest BCUT2D eigenvalue weighted by Crippen LogP contribution is -2.39. The van der Waals surface area contributed by atoms with Gasteiger partial charge >= 0.3 is 0 Å². The molecule has 1 saturated heterocycles. The molecule has 2 aromatic carbocycles. The van der Waals surface area contributed by atoms with Gasteiger partial charge in [0.1, 0.15) is 0 Å². The topological polar surface area (TPSA) is 43.7 Å². The average molecular weight is 271 g/mol. The number of nitrogens with zero attached hydrogens (tertiary/aromatic N) is 1. The maximum atomic E-state index is 9.52.